The molecule has 3 aliphatic rings. The van der Waals surface area contributed by atoms with Crippen molar-refractivity contribution in [3.8, 4) is 0 Å². The van der Waals surface area contributed by atoms with Crippen LogP contribution in [0.25, 0.3) is 0 Å². The summed E-state index contributed by atoms with van der Waals surface area (Å²) in [5, 5.41) is 0. The van der Waals surface area contributed by atoms with Gasteiger partial charge in [-0.3, -0.25) is 24.3 Å². The third kappa shape index (κ3) is 2.95. The fourth-order valence-corrected chi connectivity index (χ4v) is 6.08. The Hall–Kier alpha value is -2.35. The number of aryl methyl sites for hydroxylation is 2. The molecule has 0 saturated carbocycles. The van der Waals surface area contributed by atoms with Crippen molar-refractivity contribution in [2.24, 2.45) is 0 Å². The summed E-state index contributed by atoms with van der Waals surface area (Å²) >= 11 is 1.43. The Balaban J connectivity index is 1.61. The monoisotopic (exact) mass is 423 g/mol. The first-order valence-electron chi connectivity index (χ1n) is 10.3. The van der Waals surface area contributed by atoms with Crippen molar-refractivity contribution >= 4 is 35.0 Å². The molecule has 0 bridgehead atoms. The number of morpholine rings is 1. The van der Waals surface area contributed by atoms with E-state index in [1.54, 1.807) is 4.90 Å². The highest BCUT2D eigenvalue weighted by Crippen LogP contribution is 2.55. The van der Waals surface area contributed by atoms with Crippen molar-refractivity contribution in [2.75, 3.05) is 48.5 Å². The average Bonchev–Trinajstić information content (AvgIpc) is 3.19. The van der Waals surface area contributed by atoms with Crippen molar-refractivity contribution in [1.29, 1.82) is 0 Å². The van der Waals surface area contributed by atoms with Crippen LogP contribution in [0.1, 0.15) is 16.7 Å². The van der Waals surface area contributed by atoms with Crippen LogP contribution in [-0.2, 0) is 19.2 Å². The smallest absolute Gasteiger partial charge is 0.269 e. The molecule has 2 amide bonds. The fourth-order valence-electron chi connectivity index (χ4n) is 4.72. The Labute approximate surface area is 180 Å². The van der Waals surface area contributed by atoms with Crippen LogP contribution in [0.5, 0.6) is 0 Å². The van der Waals surface area contributed by atoms with E-state index in [0.29, 0.717) is 25.6 Å². The molecule has 6 nitrogen and oxygen atoms in total. The van der Waals surface area contributed by atoms with Crippen molar-refractivity contribution < 1.29 is 14.3 Å². The maximum atomic E-state index is 14.0. The van der Waals surface area contributed by atoms with Crippen LogP contribution >= 0.6 is 11.8 Å². The number of anilines is 2. The van der Waals surface area contributed by atoms with Gasteiger partial charge in [-0.1, -0.05) is 24.3 Å². The van der Waals surface area contributed by atoms with Crippen LogP contribution in [0.2, 0.25) is 0 Å². The van der Waals surface area contributed by atoms with Gasteiger partial charge in [0, 0.05) is 24.3 Å². The van der Waals surface area contributed by atoms with E-state index in [1.165, 1.54) is 11.8 Å². The van der Waals surface area contributed by atoms with Crippen LogP contribution in [-0.4, -0.2) is 55.4 Å². The van der Waals surface area contributed by atoms with Crippen LogP contribution < -0.4 is 9.80 Å². The largest absolute Gasteiger partial charge is 0.379 e. The predicted molar refractivity (Wildman–Crippen MR) is 119 cm³/mol. The molecule has 5 rings (SSSR count). The first kappa shape index (κ1) is 19.6. The molecule has 0 radical (unpaired) electrons. The van der Waals surface area contributed by atoms with Gasteiger partial charge in [-0.15, -0.1) is 11.8 Å². The van der Waals surface area contributed by atoms with E-state index in [0.717, 1.165) is 41.2 Å². The van der Waals surface area contributed by atoms with Crippen molar-refractivity contribution in [2.45, 2.75) is 18.7 Å². The second-order valence-electron chi connectivity index (χ2n) is 8.13. The lowest BCUT2D eigenvalue weighted by molar-refractivity contribution is -0.124. The van der Waals surface area contributed by atoms with Crippen molar-refractivity contribution in [3.63, 3.8) is 0 Å². The standard InChI is InChI=1S/C23H25N3O3S/c1-16-11-17(2)13-18(12-16)26-21(27)14-30-23(26)19-5-3-4-6-20(19)25(22(23)28)15-24-7-9-29-10-8-24/h3-6,11-13H,7-10,14-15H2,1-2H3/t23-/m1/s1. The summed E-state index contributed by atoms with van der Waals surface area (Å²) in [7, 11) is 0. The number of fused-ring (bicyclic) bond motifs is 2. The number of benzene rings is 2. The number of carbonyl (C=O) groups excluding carboxylic acids is 2. The highest BCUT2D eigenvalue weighted by atomic mass is 32.2. The Bertz CT molecular complexity index is 1000. The molecular formula is C23H25N3O3S. The molecule has 0 N–H and O–H groups in total. The first-order valence-corrected chi connectivity index (χ1v) is 11.3. The second-order valence-corrected chi connectivity index (χ2v) is 9.30. The summed E-state index contributed by atoms with van der Waals surface area (Å²) < 4.78 is 5.46. The quantitative estimate of drug-likeness (QED) is 0.760. The molecule has 1 atom stereocenters. The van der Waals surface area contributed by atoms with Gasteiger partial charge in [0.2, 0.25) is 10.8 Å². The summed E-state index contributed by atoms with van der Waals surface area (Å²) in [6.07, 6.45) is 0. The molecular weight excluding hydrogens is 398 g/mol. The number of hydrogen-bond acceptors (Lipinski definition) is 5. The molecule has 0 aliphatic carbocycles. The van der Waals surface area contributed by atoms with E-state index in [1.807, 2.05) is 55.1 Å². The third-order valence-corrected chi connectivity index (χ3v) is 7.36. The Kier molecular flexibility index (Phi) is 4.84. The predicted octanol–water partition coefficient (Wildman–Crippen LogP) is 2.87. The molecule has 0 unspecified atom stereocenters. The molecule has 3 aliphatic heterocycles. The summed E-state index contributed by atoms with van der Waals surface area (Å²) in [4.78, 5) is 31.9. The number of hydrogen-bond donors (Lipinski definition) is 0. The van der Waals surface area contributed by atoms with E-state index in [4.69, 9.17) is 4.74 Å². The number of para-hydroxylation sites is 1. The molecule has 30 heavy (non-hydrogen) atoms. The number of ether oxygens (including phenoxy) is 1. The summed E-state index contributed by atoms with van der Waals surface area (Å²) in [6, 6.07) is 14.0. The minimum atomic E-state index is -1.04. The molecule has 156 valence electrons. The first-order chi connectivity index (χ1) is 14.5. The van der Waals surface area contributed by atoms with Gasteiger partial charge < -0.3 is 4.74 Å². The van der Waals surface area contributed by atoms with Crippen LogP contribution in [0.3, 0.4) is 0 Å². The SMILES string of the molecule is Cc1cc(C)cc(N2C(=O)CS[C@]23C(=O)N(CN2CCOCC2)c2ccccc23)c1. The van der Waals surface area contributed by atoms with Crippen molar-refractivity contribution in [3.05, 3.63) is 59.2 Å². The summed E-state index contributed by atoms with van der Waals surface area (Å²) in [5.74, 6) is 0.227. The molecule has 2 saturated heterocycles. The number of rotatable bonds is 3. The van der Waals surface area contributed by atoms with Gasteiger partial charge in [-0.25, -0.2) is 0 Å². The van der Waals surface area contributed by atoms with Gasteiger partial charge in [0.25, 0.3) is 5.91 Å². The highest BCUT2D eigenvalue weighted by molar-refractivity contribution is 8.02. The molecule has 0 aromatic heterocycles. The lowest BCUT2D eigenvalue weighted by atomic mass is 10.0. The number of thioether (sulfide) groups is 1. The Morgan fingerprint density at radius 1 is 1.03 bits per heavy atom. The minimum Gasteiger partial charge on any atom is -0.379 e. The molecule has 3 heterocycles. The zero-order valence-electron chi connectivity index (χ0n) is 17.3. The minimum absolute atomic E-state index is 0.0265. The van der Waals surface area contributed by atoms with Gasteiger partial charge in [0.15, 0.2) is 0 Å². The van der Waals surface area contributed by atoms with Crippen molar-refractivity contribution in [1.82, 2.24) is 4.90 Å². The lowest BCUT2D eigenvalue weighted by Crippen LogP contribution is -2.52. The van der Waals surface area contributed by atoms with E-state index < -0.39 is 4.87 Å². The fraction of sp³-hybridized carbons (Fsp3) is 0.391. The molecule has 2 fully saturated rings. The van der Waals surface area contributed by atoms with Crippen LogP contribution in [0.4, 0.5) is 11.4 Å². The highest BCUT2D eigenvalue weighted by Gasteiger charge is 2.61. The zero-order valence-corrected chi connectivity index (χ0v) is 18.1. The molecule has 2 aromatic carbocycles. The number of carbonyl (C=O) groups is 2. The van der Waals surface area contributed by atoms with Gasteiger partial charge in [0.1, 0.15) is 0 Å². The molecule has 7 heteroatoms. The average molecular weight is 424 g/mol. The van der Waals surface area contributed by atoms with E-state index in [9.17, 15) is 9.59 Å². The Morgan fingerprint density at radius 3 is 2.47 bits per heavy atom. The molecule has 1 spiro atoms. The maximum absolute atomic E-state index is 14.0. The second kappa shape index (κ2) is 7.41. The van der Waals surface area contributed by atoms with Crippen LogP contribution in [0, 0.1) is 13.8 Å². The molecule has 2 aromatic rings. The maximum Gasteiger partial charge on any atom is 0.269 e. The Morgan fingerprint density at radius 2 is 1.73 bits per heavy atom. The van der Waals surface area contributed by atoms with E-state index >= 15 is 0 Å². The van der Waals surface area contributed by atoms with E-state index in [2.05, 4.69) is 11.0 Å². The van der Waals surface area contributed by atoms with Gasteiger partial charge in [0.05, 0.1) is 31.3 Å². The van der Waals surface area contributed by atoms with E-state index in [-0.39, 0.29) is 11.8 Å². The van der Waals surface area contributed by atoms with Crippen LogP contribution in [0.15, 0.2) is 42.5 Å². The summed E-state index contributed by atoms with van der Waals surface area (Å²) in [6.45, 7) is 7.50. The topological polar surface area (TPSA) is 53.1 Å². The summed E-state index contributed by atoms with van der Waals surface area (Å²) in [5.41, 5.74) is 4.74. The number of amides is 2. The van der Waals surface area contributed by atoms with Gasteiger partial charge in [-0.05, 0) is 43.2 Å². The lowest BCUT2D eigenvalue weighted by Gasteiger charge is -2.35. The van der Waals surface area contributed by atoms with Gasteiger partial charge >= 0.3 is 0 Å². The zero-order chi connectivity index (χ0) is 20.9. The van der Waals surface area contributed by atoms with Gasteiger partial charge in [-0.2, -0.15) is 0 Å². The normalized spacial score (nSPS) is 24.2. The third-order valence-electron chi connectivity index (χ3n) is 5.97. The number of nitrogens with zero attached hydrogens (tertiary/aromatic N) is 3.